The smallest absolute Gasteiger partial charge is 0.151 e. The standard InChI is InChI=1S/C14H14FNO.C2H6/c1-3-5-12(8-11(2)15)9-14-13(10-17)6-4-7-16-14;1-2/h3-8,10H,1,9H2,2H3;1-2H3/b11-8+,12-5+;. The molecule has 2 nitrogen and oxygen atoms in total. The molecule has 0 aliphatic rings. The molecule has 0 aliphatic carbocycles. The summed E-state index contributed by atoms with van der Waals surface area (Å²) in [5, 5.41) is 0. The first-order valence-corrected chi connectivity index (χ1v) is 6.22. The van der Waals surface area contributed by atoms with E-state index in [1.54, 1.807) is 30.5 Å². The normalized spacial score (nSPS) is 11.4. The van der Waals surface area contributed by atoms with Crippen LogP contribution < -0.4 is 0 Å². The van der Waals surface area contributed by atoms with Gasteiger partial charge in [-0.2, -0.15) is 0 Å². The van der Waals surface area contributed by atoms with E-state index in [0.717, 1.165) is 11.9 Å². The molecule has 0 aromatic carbocycles. The molecule has 3 heteroatoms. The lowest BCUT2D eigenvalue weighted by atomic mass is 10.0. The maximum absolute atomic E-state index is 12.9. The van der Waals surface area contributed by atoms with Gasteiger partial charge in [0, 0.05) is 18.2 Å². The highest BCUT2D eigenvalue weighted by Crippen LogP contribution is 2.13. The summed E-state index contributed by atoms with van der Waals surface area (Å²) in [7, 11) is 0. The molecule has 0 amide bonds. The van der Waals surface area contributed by atoms with E-state index in [0.29, 0.717) is 17.7 Å². The second-order valence-electron chi connectivity index (χ2n) is 3.54. The van der Waals surface area contributed by atoms with E-state index in [2.05, 4.69) is 11.6 Å². The van der Waals surface area contributed by atoms with Crippen LogP contribution in [0.3, 0.4) is 0 Å². The lowest BCUT2D eigenvalue weighted by molar-refractivity contribution is 0.112. The summed E-state index contributed by atoms with van der Waals surface area (Å²) in [6.45, 7) is 8.94. The second-order valence-corrected chi connectivity index (χ2v) is 3.54. The Kier molecular flexibility index (Phi) is 8.88. The van der Waals surface area contributed by atoms with Gasteiger partial charge in [-0.3, -0.25) is 9.78 Å². The minimum absolute atomic E-state index is 0.290. The van der Waals surface area contributed by atoms with Crippen molar-refractivity contribution in [1.82, 2.24) is 4.98 Å². The molecule has 0 bridgehead atoms. The van der Waals surface area contributed by atoms with Crippen LogP contribution in [0.2, 0.25) is 0 Å². The van der Waals surface area contributed by atoms with Gasteiger partial charge in [0.1, 0.15) is 0 Å². The number of nitrogens with zero attached hydrogens (tertiary/aromatic N) is 1. The number of carbonyl (C=O) groups is 1. The third-order valence-corrected chi connectivity index (χ3v) is 2.14. The van der Waals surface area contributed by atoms with Crippen LogP contribution in [0.4, 0.5) is 4.39 Å². The maximum atomic E-state index is 12.9. The summed E-state index contributed by atoms with van der Waals surface area (Å²) in [6.07, 6.45) is 7.46. The van der Waals surface area contributed by atoms with E-state index in [1.165, 1.54) is 13.0 Å². The zero-order valence-corrected chi connectivity index (χ0v) is 11.7. The van der Waals surface area contributed by atoms with Crippen LogP contribution in [0, 0.1) is 0 Å². The first-order valence-electron chi connectivity index (χ1n) is 6.22. The number of hydrogen-bond acceptors (Lipinski definition) is 2. The van der Waals surface area contributed by atoms with E-state index in [1.807, 2.05) is 13.8 Å². The van der Waals surface area contributed by atoms with Crippen LogP contribution >= 0.6 is 0 Å². The molecule has 0 N–H and O–H groups in total. The van der Waals surface area contributed by atoms with Crippen LogP contribution in [-0.2, 0) is 6.42 Å². The number of hydrogen-bond donors (Lipinski definition) is 0. The highest BCUT2D eigenvalue weighted by Gasteiger charge is 2.04. The summed E-state index contributed by atoms with van der Waals surface area (Å²) in [4.78, 5) is 14.9. The molecule has 0 fully saturated rings. The molecule has 0 spiro atoms. The van der Waals surface area contributed by atoms with Crippen molar-refractivity contribution in [2.24, 2.45) is 0 Å². The topological polar surface area (TPSA) is 30.0 Å². The fourth-order valence-electron chi connectivity index (χ4n) is 1.46. The predicted octanol–water partition coefficient (Wildman–Crippen LogP) is 4.45. The fourth-order valence-corrected chi connectivity index (χ4v) is 1.46. The van der Waals surface area contributed by atoms with E-state index >= 15 is 0 Å². The van der Waals surface area contributed by atoms with Gasteiger partial charge >= 0.3 is 0 Å². The monoisotopic (exact) mass is 261 g/mol. The van der Waals surface area contributed by atoms with Gasteiger partial charge in [-0.25, -0.2) is 4.39 Å². The maximum Gasteiger partial charge on any atom is 0.151 e. The van der Waals surface area contributed by atoms with Crippen LogP contribution in [0.1, 0.15) is 36.8 Å². The molecule has 102 valence electrons. The van der Waals surface area contributed by atoms with Crippen molar-refractivity contribution in [2.75, 3.05) is 0 Å². The number of rotatable bonds is 5. The van der Waals surface area contributed by atoms with E-state index in [4.69, 9.17) is 0 Å². The molecule has 19 heavy (non-hydrogen) atoms. The fraction of sp³-hybridized carbons (Fsp3) is 0.250. The number of aromatic nitrogens is 1. The number of halogens is 1. The third-order valence-electron chi connectivity index (χ3n) is 2.14. The largest absolute Gasteiger partial charge is 0.298 e. The van der Waals surface area contributed by atoms with Crippen LogP contribution in [0.25, 0.3) is 0 Å². The van der Waals surface area contributed by atoms with Crippen molar-refractivity contribution in [3.8, 4) is 0 Å². The number of aldehydes is 1. The van der Waals surface area contributed by atoms with Crippen LogP contribution in [0.15, 0.2) is 54.5 Å². The third kappa shape index (κ3) is 6.46. The van der Waals surface area contributed by atoms with Gasteiger partial charge in [0.15, 0.2) is 6.29 Å². The van der Waals surface area contributed by atoms with Gasteiger partial charge in [-0.1, -0.05) is 32.6 Å². The molecule has 0 unspecified atom stereocenters. The van der Waals surface area contributed by atoms with Gasteiger partial charge in [0.2, 0.25) is 0 Å². The van der Waals surface area contributed by atoms with Gasteiger partial charge in [0.25, 0.3) is 0 Å². The van der Waals surface area contributed by atoms with Crippen molar-refractivity contribution < 1.29 is 9.18 Å². The lowest BCUT2D eigenvalue weighted by Crippen LogP contribution is -1.98. The van der Waals surface area contributed by atoms with Crippen LogP contribution in [0.5, 0.6) is 0 Å². The Bertz CT molecular complexity index is 471. The average molecular weight is 261 g/mol. The first kappa shape index (κ1) is 17.0. The van der Waals surface area contributed by atoms with E-state index in [9.17, 15) is 9.18 Å². The molecular formula is C16H20FNO. The quantitative estimate of drug-likeness (QED) is 0.579. The molecule has 1 rings (SSSR count). The Morgan fingerprint density at radius 3 is 2.68 bits per heavy atom. The predicted molar refractivity (Wildman–Crippen MR) is 77.8 cm³/mol. The minimum Gasteiger partial charge on any atom is -0.298 e. The second kappa shape index (κ2) is 9.95. The Morgan fingerprint density at radius 1 is 1.47 bits per heavy atom. The van der Waals surface area contributed by atoms with Crippen LogP contribution in [-0.4, -0.2) is 11.3 Å². The molecule has 0 saturated heterocycles. The first-order chi connectivity index (χ1) is 9.17. The highest BCUT2D eigenvalue weighted by molar-refractivity contribution is 5.76. The zero-order valence-electron chi connectivity index (χ0n) is 11.7. The number of pyridine rings is 1. The molecule has 0 aliphatic heterocycles. The zero-order chi connectivity index (χ0) is 14.7. The molecular weight excluding hydrogens is 241 g/mol. The van der Waals surface area contributed by atoms with Crippen molar-refractivity contribution >= 4 is 6.29 Å². The van der Waals surface area contributed by atoms with Crippen molar-refractivity contribution in [3.63, 3.8) is 0 Å². The van der Waals surface area contributed by atoms with E-state index in [-0.39, 0.29) is 5.83 Å². The number of allylic oxidation sites excluding steroid dienone is 5. The van der Waals surface area contributed by atoms with Gasteiger partial charge in [-0.15, -0.1) is 0 Å². The summed E-state index contributed by atoms with van der Waals surface area (Å²) < 4.78 is 12.9. The molecule has 1 aromatic rings. The Balaban J connectivity index is 0.00000154. The average Bonchev–Trinajstić information content (AvgIpc) is 2.41. The highest BCUT2D eigenvalue weighted by atomic mass is 19.1. The molecule has 0 radical (unpaired) electrons. The van der Waals surface area contributed by atoms with Crippen molar-refractivity contribution in [2.45, 2.75) is 27.2 Å². The Hall–Kier alpha value is -2.03. The summed E-state index contributed by atoms with van der Waals surface area (Å²) in [5.74, 6) is -0.290. The summed E-state index contributed by atoms with van der Waals surface area (Å²) >= 11 is 0. The molecule has 0 saturated carbocycles. The lowest BCUT2D eigenvalue weighted by Gasteiger charge is -2.04. The number of carbonyl (C=O) groups excluding carboxylic acids is 1. The van der Waals surface area contributed by atoms with E-state index < -0.39 is 0 Å². The minimum atomic E-state index is -0.290. The molecule has 1 heterocycles. The summed E-state index contributed by atoms with van der Waals surface area (Å²) in [5.41, 5.74) is 1.88. The molecule has 1 aromatic heterocycles. The van der Waals surface area contributed by atoms with Crippen molar-refractivity contribution in [3.05, 3.63) is 65.8 Å². The molecule has 0 atom stereocenters. The SMILES string of the molecule is C=C/C=C(\C=C(/C)F)Cc1ncccc1C=O.CC. The Labute approximate surface area is 114 Å². The van der Waals surface area contributed by atoms with Gasteiger partial charge < -0.3 is 0 Å². The van der Waals surface area contributed by atoms with Gasteiger partial charge in [-0.05, 0) is 30.7 Å². The van der Waals surface area contributed by atoms with Gasteiger partial charge in [0.05, 0.1) is 11.5 Å². The summed E-state index contributed by atoms with van der Waals surface area (Å²) in [6, 6.07) is 3.38. The Morgan fingerprint density at radius 2 is 2.16 bits per heavy atom. The van der Waals surface area contributed by atoms with Crippen molar-refractivity contribution in [1.29, 1.82) is 0 Å².